The number of hydrogen-bond donors (Lipinski definition) is 1. The van der Waals surface area contributed by atoms with Crippen LogP contribution in [0.15, 0.2) is 42.5 Å². The van der Waals surface area contributed by atoms with E-state index in [4.69, 9.17) is 17.3 Å². The van der Waals surface area contributed by atoms with E-state index >= 15 is 0 Å². The zero-order valence-corrected chi connectivity index (χ0v) is 11.1. The summed E-state index contributed by atoms with van der Waals surface area (Å²) in [7, 11) is 0. The highest BCUT2D eigenvalue weighted by molar-refractivity contribution is 6.30. The quantitative estimate of drug-likeness (QED) is 0.910. The molecule has 0 aromatic heterocycles. The first-order valence-electron chi connectivity index (χ1n) is 6.18. The van der Waals surface area contributed by atoms with E-state index in [0.717, 1.165) is 29.9 Å². The predicted molar refractivity (Wildman–Crippen MR) is 75.8 cm³/mol. The van der Waals surface area contributed by atoms with Crippen LogP contribution in [0, 0.1) is 5.82 Å². The average molecular weight is 277 g/mol. The van der Waals surface area contributed by atoms with Gasteiger partial charge in [0, 0.05) is 29.8 Å². The van der Waals surface area contributed by atoms with Crippen LogP contribution >= 0.6 is 11.6 Å². The molecule has 1 aliphatic rings. The summed E-state index contributed by atoms with van der Waals surface area (Å²) in [6.45, 7) is 1.48. The third-order valence-corrected chi connectivity index (χ3v) is 3.67. The van der Waals surface area contributed by atoms with Crippen LogP contribution in [0.3, 0.4) is 0 Å². The molecule has 1 aliphatic heterocycles. The van der Waals surface area contributed by atoms with Crippen molar-refractivity contribution in [3.05, 3.63) is 64.4 Å². The van der Waals surface area contributed by atoms with Crippen LogP contribution in [0.1, 0.15) is 17.2 Å². The fourth-order valence-electron chi connectivity index (χ4n) is 2.50. The molecule has 0 fully saturated rings. The lowest BCUT2D eigenvalue weighted by Crippen LogP contribution is -2.23. The Bertz CT molecular complexity index is 598. The molecule has 1 heterocycles. The van der Waals surface area contributed by atoms with E-state index in [1.165, 1.54) is 12.1 Å². The number of nitrogens with zero attached hydrogens (tertiary/aromatic N) is 1. The van der Waals surface area contributed by atoms with Gasteiger partial charge in [0.15, 0.2) is 0 Å². The Labute approximate surface area is 116 Å². The highest BCUT2D eigenvalue weighted by atomic mass is 35.5. The molecule has 3 rings (SSSR count). The van der Waals surface area contributed by atoms with Crippen LogP contribution in [0.25, 0.3) is 0 Å². The Balaban J connectivity index is 1.86. The SMILES string of the molecule is N[C@@H]1CN(Cc2ccc(F)cc2)c2ccc(Cl)cc21. The summed E-state index contributed by atoms with van der Waals surface area (Å²) in [5.74, 6) is -0.214. The smallest absolute Gasteiger partial charge is 0.123 e. The van der Waals surface area contributed by atoms with E-state index in [2.05, 4.69) is 4.90 Å². The fourth-order valence-corrected chi connectivity index (χ4v) is 2.68. The van der Waals surface area contributed by atoms with Crippen molar-refractivity contribution in [2.24, 2.45) is 5.73 Å². The lowest BCUT2D eigenvalue weighted by molar-refractivity contribution is 0.626. The van der Waals surface area contributed by atoms with Gasteiger partial charge < -0.3 is 10.6 Å². The number of nitrogens with two attached hydrogens (primary N) is 1. The second-order valence-corrected chi connectivity index (χ2v) is 5.25. The molecular formula is C15H14ClFN2. The molecule has 0 bridgehead atoms. The molecular weight excluding hydrogens is 263 g/mol. The van der Waals surface area contributed by atoms with Gasteiger partial charge in [-0.05, 0) is 41.5 Å². The molecule has 19 heavy (non-hydrogen) atoms. The third kappa shape index (κ3) is 2.44. The lowest BCUT2D eigenvalue weighted by atomic mass is 10.1. The number of fused-ring (bicyclic) bond motifs is 1. The average Bonchev–Trinajstić information content (AvgIpc) is 2.69. The first-order valence-corrected chi connectivity index (χ1v) is 6.56. The minimum Gasteiger partial charge on any atom is -0.365 e. The van der Waals surface area contributed by atoms with Crippen LogP contribution in [0.4, 0.5) is 10.1 Å². The lowest BCUT2D eigenvalue weighted by Gasteiger charge is -2.19. The molecule has 0 radical (unpaired) electrons. The van der Waals surface area contributed by atoms with E-state index in [0.29, 0.717) is 5.02 Å². The molecule has 0 saturated carbocycles. The maximum Gasteiger partial charge on any atom is 0.123 e. The number of anilines is 1. The molecule has 2 nitrogen and oxygen atoms in total. The molecule has 0 aliphatic carbocycles. The number of hydrogen-bond acceptors (Lipinski definition) is 2. The van der Waals surface area contributed by atoms with Crippen molar-refractivity contribution in [3.8, 4) is 0 Å². The van der Waals surface area contributed by atoms with Gasteiger partial charge in [0.05, 0.1) is 0 Å². The van der Waals surface area contributed by atoms with E-state index in [1.54, 1.807) is 12.1 Å². The zero-order valence-electron chi connectivity index (χ0n) is 10.3. The third-order valence-electron chi connectivity index (χ3n) is 3.43. The van der Waals surface area contributed by atoms with Gasteiger partial charge in [-0.15, -0.1) is 0 Å². The van der Waals surface area contributed by atoms with E-state index in [1.807, 2.05) is 18.2 Å². The molecule has 2 aromatic carbocycles. The first kappa shape index (κ1) is 12.5. The molecule has 0 spiro atoms. The molecule has 4 heteroatoms. The highest BCUT2D eigenvalue weighted by Gasteiger charge is 2.25. The monoisotopic (exact) mass is 276 g/mol. The predicted octanol–water partition coefficient (Wildman–Crippen LogP) is 3.50. The second-order valence-electron chi connectivity index (χ2n) is 4.82. The number of benzene rings is 2. The van der Waals surface area contributed by atoms with Crippen molar-refractivity contribution in [1.82, 2.24) is 0 Å². The normalized spacial score (nSPS) is 17.6. The van der Waals surface area contributed by atoms with Gasteiger partial charge >= 0.3 is 0 Å². The van der Waals surface area contributed by atoms with Crippen molar-refractivity contribution >= 4 is 17.3 Å². The molecule has 2 N–H and O–H groups in total. The fraction of sp³-hybridized carbons (Fsp3) is 0.200. The highest BCUT2D eigenvalue weighted by Crippen LogP contribution is 2.36. The molecule has 98 valence electrons. The van der Waals surface area contributed by atoms with Crippen molar-refractivity contribution in [1.29, 1.82) is 0 Å². The van der Waals surface area contributed by atoms with Gasteiger partial charge in [-0.1, -0.05) is 23.7 Å². The topological polar surface area (TPSA) is 29.3 Å². The van der Waals surface area contributed by atoms with Crippen LogP contribution in [0.2, 0.25) is 5.02 Å². The maximum atomic E-state index is 12.9. The molecule has 2 aromatic rings. The van der Waals surface area contributed by atoms with Gasteiger partial charge in [0.1, 0.15) is 5.82 Å². The summed E-state index contributed by atoms with van der Waals surface area (Å²) >= 11 is 6.00. The van der Waals surface area contributed by atoms with Gasteiger partial charge in [-0.3, -0.25) is 0 Å². The Hall–Kier alpha value is -1.58. The Morgan fingerprint density at radius 1 is 1.21 bits per heavy atom. The van der Waals surface area contributed by atoms with E-state index in [9.17, 15) is 4.39 Å². The maximum absolute atomic E-state index is 12.9. The summed E-state index contributed by atoms with van der Waals surface area (Å²) in [6, 6.07) is 12.3. The summed E-state index contributed by atoms with van der Waals surface area (Å²) in [5.41, 5.74) is 9.38. The Morgan fingerprint density at radius 2 is 1.95 bits per heavy atom. The van der Waals surface area contributed by atoms with E-state index in [-0.39, 0.29) is 11.9 Å². The van der Waals surface area contributed by atoms with Crippen LogP contribution in [-0.2, 0) is 6.54 Å². The summed E-state index contributed by atoms with van der Waals surface area (Å²) in [4.78, 5) is 2.20. The summed E-state index contributed by atoms with van der Waals surface area (Å²) < 4.78 is 12.9. The molecule has 1 atom stereocenters. The molecule has 0 saturated heterocycles. The van der Waals surface area contributed by atoms with Gasteiger partial charge in [-0.25, -0.2) is 4.39 Å². The molecule has 0 amide bonds. The first-order chi connectivity index (χ1) is 9.13. The largest absolute Gasteiger partial charge is 0.365 e. The minimum absolute atomic E-state index is 0.0193. The standard InChI is InChI=1S/C15H14ClFN2/c16-11-3-6-15-13(7-11)14(18)9-19(15)8-10-1-4-12(17)5-2-10/h1-7,14H,8-9,18H2/t14-/m1/s1. The minimum atomic E-state index is -0.214. The Morgan fingerprint density at radius 3 is 2.68 bits per heavy atom. The summed E-state index contributed by atoms with van der Waals surface area (Å²) in [5, 5.41) is 0.706. The second kappa shape index (κ2) is 4.83. The van der Waals surface area contributed by atoms with Crippen LogP contribution < -0.4 is 10.6 Å². The van der Waals surface area contributed by atoms with Crippen molar-refractivity contribution in [3.63, 3.8) is 0 Å². The summed E-state index contributed by atoms with van der Waals surface area (Å²) in [6.07, 6.45) is 0. The van der Waals surface area contributed by atoms with Gasteiger partial charge in [0.25, 0.3) is 0 Å². The number of rotatable bonds is 2. The molecule has 0 unspecified atom stereocenters. The van der Waals surface area contributed by atoms with Crippen LogP contribution in [-0.4, -0.2) is 6.54 Å². The number of halogens is 2. The van der Waals surface area contributed by atoms with Gasteiger partial charge in [0.2, 0.25) is 0 Å². The van der Waals surface area contributed by atoms with Crippen LogP contribution in [0.5, 0.6) is 0 Å². The van der Waals surface area contributed by atoms with Crippen molar-refractivity contribution in [2.45, 2.75) is 12.6 Å². The Kier molecular flexibility index (Phi) is 3.17. The zero-order chi connectivity index (χ0) is 13.4. The van der Waals surface area contributed by atoms with Crippen molar-refractivity contribution < 1.29 is 4.39 Å². The van der Waals surface area contributed by atoms with E-state index < -0.39 is 0 Å². The van der Waals surface area contributed by atoms with Gasteiger partial charge in [-0.2, -0.15) is 0 Å². The van der Waals surface area contributed by atoms with Crippen molar-refractivity contribution in [2.75, 3.05) is 11.4 Å².